The third-order valence-corrected chi connectivity index (χ3v) is 7.73. The zero-order valence-electron chi connectivity index (χ0n) is 20.5. The Morgan fingerprint density at radius 1 is 1.08 bits per heavy atom. The molecule has 3 aromatic heterocycles. The predicted octanol–water partition coefficient (Wildman–Crippen LogP) is 5.68. The van der Waals surface area contributed by atoms with Crippen LogP contribution in [0.15, 0.2) is 48.9 Å². The van der Waals surface area contributed by atoms with E-state index in [1.165, 1.54) is 12.4 Å². The molecule has 0 aliphatic carbocycles. The number of anilines is 1. The maximum absolute atomic E-state index is 12.6. The SMILES string of the molecule is CC(Oc1ccc2[nH]nc(-c3ccc(N4CC5(CN(C(=O)C(F)(F)F)C5)C4)nc3)c2c1)c1c(Cl)cncc1Cl. The minimum Gasteiger partial charge on any atom is -0.486 e. The number of halogens is 5. The van der Waals surface area contributed by atoms with Gasteiger partial charge in [0.25, 0.3) is 0 Å². The lowest BCUT2D eigenvalue weighted by atomic mass is 9.72. The Kier molecular flexibility index (Phi) is 6.11. The highest BCUT2D eigenvalue weighted by molar-refractivity contribution is 6.35. The van der Waals surface area contributed by atoms with Crippen molar-refractivity contribution in [3.63, 3.8) is 0 Å². The fourth-order valence-electron chi connectivity index (χ4n) is 5.28. The van der Waals surface area contributed by atoms with E-state index in [1.807, 2.05) is 42.2 Å². The quantitative estimate of drug-likeness (QED) is 0.329. The molecular weight excluding hydrogens is 556 g/mol. The monoisotopic (exact) mass is 576 g/mol. The number of nitrogens with one attached hydrogen (secondary N) is 1. The summed E-state index contributed by atoms with van der Waals surface area (Å²) < 4.78 is 44.0. The molecule has 4 aromatic rings. The summed E-state index contributed by atoms with van der Waals surface area (Å²) in [5.41, 5.74) is 2.66. The van der Waals surface area contributed by atoms with Crippen LogP contribution in [0.4, 0.5) is 19.0 Å². The maximum Gasteiger partial charge on any atom is 0.471 e. The minimum atomic E-state index is -4.83. The van der Waals surface area contributed by atoms with E-state index in [1.54, 1.807) is 6.20 Å². The first-order valence-corrected chi connectivity index (χ1v) is 12.8. The van der Waals surface area contributed by atoms with Crippen LogP contribution >= 0.6 is 23.2 Å². The number of likely N-dealkylation sites (tertiary alicyclic amines) is 1. The molecule has 13 heteroatoms. The summed E-state index contributed by atoms with van der Waals surface area (Å²) >= 11 is 12.6. The van der Waals surface area contributed by atoms with Crippen molar-refractivity contribution in [2.75, 3.05) is 31.1 Å². The highest BCUT2D eigenvalue weighted by Crippen LogP contribution is 2.43. The molecule has 2 fully saturated rings. The van der Waals surface area contributed by atoms with Crippen LogP contribution in [-0.2, 0) is 4.79 Å². The van der Waals surface area contributed by atoms with Crippen LogP contribution in [0.3, 0.4) is 0 Å². The number of fused-ring (bicyclic) bond motifs is 1. The van der Waals surface area contributed by atoms with E-state index >= 15 is 0 Å². The van der Waals surface area contributed by atoms with Gasteiger partial charge in [-0.3, -0.25) is 14.9 Å². The summed E-state index contributed by atoms with van der Waals surface area (Å²) in [6, 6.07) is 9.34. The Balaban J connectivity index is 1.14. The number of amides is 1. The highest BCUT2D eigenvalue weighted by atomic mass is 35.5. The molecule has 202 valence electrons. The second-order valence-electron chi connectivity index (χ2n) is 9.98. The summed E-state index contributed by atoms with van der Waals surface area (Å²) in [5.74, 6) is -0.447. The van der Waals surface area contributed by atoms with Crippen molar-refractivity contribution in [1.82, 2.24) is 25.1 Å². The molecule has 2 aliphatic rings. The van der Waals surface area contributed by atoms with Crippen molar-refractivity contribution < 1.29 is 22.7 Å². The van der Waals surface area contributed by atoms with Gasteiger partial charge < -0.3 is 14.5 Å². The van der Waals surface area contributed by atoms with E-state index in [9.17, 15) is 18.0 Å². The zero-order chi connectivity index (χ0) is 27.5. The van der Waals surface area contributed by atoms with Crippen LogP contribution in [0.25, 0.3) is 22.2 Å². The summed E-state index contributed by atoms with van der Waals surface area (Å²) in [5, 5.41) is 9.16. The molecule has 5 heterocycles. The van der Waals surface area contributed by atoms with Crippen LogP contribution in [0, 0.1) is 5.41 Å². The second kappa shape index (κ2) is 9.27. The van der Waals surface area contributed by atoms with Crippen molar-refractivity contribution in [3.05, 3.63) is 64.5 Å². The summed E-state index contributed by atoms with van der Waals surface area (Å²) in [6.45, 7) is 3.18. The van der Waals surface area contributed by atoms with Crippen LogP contribution in [0.2, 0.25) is 10.0 Å². The first kappa shape index (κ1) is 25.7. The van der Waals surface area contributed by atoms with Gasteiger partial charge >= 0.3 is 12.1 Å². The van der Waals surface area contributed by atoms with E-state index in [-0.39, 0.29) is 18.5 Å². The summed E-state index contributed by atoms with van der Waals surface area (Å²) in [6.07, 6.45) is -0.497. The smallest absolute Gasteiger partial charge is 0.471 e. The average molecular weight is 577 g/mol. The maximum atomic E-state index is 12.6. The number of carbonyl (C=O) groups is 1. The van der Waals surface area contributed by atoms with Gasteiger partial charge in [0, 0.05) is 66.7 Å². The van der Waals surface area contributed by atoms with Gasteiger partial charge in [-0.05, 0) is 37.3 Å². The summed E-state index contributed by atoms with van der Waals surface area (Å²) in [4.78, 5) is 22.8. The number of H-pyrrole nitrogens is 1. The van der Waals surface area contributed by atoms with Crippen LogP contribution in [0.1, 0.15) is 18.6 Å². The van der Waals surface area contributed by atoms with Crippen molar-refractivity contribution in [2.24, 2.45) is 5.41 Å². The lowest BCUT2D eigenvalue weighted by Gasteiger charge is -2.60. The van der Waals surface area contributed by atoms with Crippen molar-refractivity contribution >= 4 is 45.8 Å². The Hall–Kier alpha value is -3.57. The summed E-state index contributed by atoms with van der Waals surface area (Å²) in [7, 11) is 0. The fourth-order valence-corrected chi connectivity index (χ4v) is 5.96. The number of carbonyl (C=O) groups excluding carboxylic acids is 1. The molecule has 1 N–H and O–H groups in total. The van der Waals surface area contributed by atoms with E-state index in [4.69, 9.17) is 27.9 Å². The number of nitrogens with zero attached hydrogens (tertiary/aromatic N) is 5. The van der Waals surface area contributed by atoms with Crippen molar-refractivity contribution in [1.29, 1.82) is 0 Å². The van der Waals surface area contributed by atoms with Gasteiger partial charge in [0.05, 0.1) is 15.6 Å². The van der Waals surface area contributed by atoms with E-state index in [0.29, 0.717) is 46.0 Å². The van der Waals surface area contributed by atoms with Gasteiger partial charge in [0.2, 0.25) is 0 Å². The lowest BCUT2D eigenvalue weighted by molar-refractivity contribution is -0.197. The predicted molar refractivity (Wildman–Crippen MR) is 140 cm³/mol. The van der Waals surface area contributed by atoms with Crippen LogP contribution < -0.4 is 9.64 Å². The highest BCUT2D eigenvalue weighted by Gasteiger charge is 2.57. The molecule has 1 unspecified atom stereocenters. The largest absolute Gasteiger partial charge is 0.486 e. The average Bonchev–Trinajstić information content (AvgIpc) is 3.25. The normalized spacial score (nSPS) is 17.2. The number of ether oxygens (including phenoxy) is 1. The van der Waals surface area contributed by atoms with Gasteiger partial charge in [-0.2, -0.15) is 18.3 Å². The molecule has 39 heavy (non-hydrogen) atoms. The Labute approximate surface area is 230 Å². The Morgan fingerprint density at radius 2 is 1.79 bits per heavy atom. The molecule has 2 saturated heterocycles. The molecule has 0 bridgehead atoms. The van der Waals surface area contributed by atoms with Crippen molar-refractivity contribution in [3.8, 4) is 17.0 Å². The van der Waals surface area contributed by atoms with Gasteiger partial charge in [-0.1, -0.05) is 23.2 Å². The number of alkyl halides is 3. The number of aromatic amines is 1. The number of hydrogen-bond donors (Lipinski definition) is 1. The topological polar surface area (TPSA) is 87.2 Å². The molecule has 6 rings (SSSR count). The second-order valence-corrected chi connectivity index (χ2v) is 10.8. The molecular formula is C26H21Cl2F3N6O2. The number of hydrogen-bond acceptors (Lipinski definition) is 6. The Morgan fingerprint density at radius 3 is 2.44 bits per heavy atom. The molecule has 1 atom stereocenters. The van der Waals surface area contributed by atoms with Gasteiger partial charge in [-0.25, -0.2) is 4.98 Å². The van der Waals surface area contributed by atoms with Gasteiger partial charge in [0.1, 0.15) is 23.4 Å². The molecule has 1 aromatic carbocycles. The number of aromatic nitrogens is 4. The van der Waals surface area contributed by atoms with E-state index in [0.717, 1.165) is 21.4 Å². The third-order valence-electron chi connectivity index (χ3n) is 7.12. The third kappa shape index (κ3) is 4.63. The zero-order valence-corrected chi connectivity index (χ0v) is 22.0. The lowest BCUT2D eigenvalue weighted by Crippen LogP contribution is -2.74. The number of benzene rings is 1. The van der Waals surface area contributed by atoms with Crippen molar-refractivity contribution in [2.45, 2.75) is 19.2 Å². The fraction of sp³-hybridized carbons (Fsp3) is 0.308. The van der Waals surface area contributed by atoms with Gasteiger partial charge in [0.15, 0.2) is 0 Å². The molecule has 0 radical (unpaired) electrons. The molecule has 0 saturated carbocycles. The first-order chi connectivity index (χ1) is 18.5. The minimum absolute atomic E-state index is 0.113. The number of rotatable bonds is 5. The standard InChI is InChI=1S/C26H21Cl2F3N6O2/c1-14(22-18(27)8-32-9-19(22)28)39-16-3-4-20-17(6-16)23(35-34-20)15-2-5-21(33-7-15)36-10-25(11-36)12-37(13-25)24(38)26(29,30)31/h2-9,14H,10-13H2,1H3,(H,34,35). The Bertz CT molecular complexity index is 1540. The van der Waals surface area contributed by atoms with E-state index in [2.05, 4.69) is 20.2 Å². The first-order valence-electron chi connectivity index (χ1n) is 12.0. The number of pyridine rings is 2. The molecule has 1 amide bonds. The molecule has 2 aliphatic heterocycles. The van der Waals surface area contributed by atoms with Gasteiger partial charge in [-0.15, -0.1) is 0 Å². The van der Waals surface area contributed by atoms with Crippen LogP contribution in [0.5, 0.6) is 5.75 Å². The van der Waals surface area contributed by atoms with E-state index < -0.39 is 18.2 Å². The van der Waals surface area contributed by atoms with Crippen LogP contribution in [-0.4, -0.2) is 63.3 Å². The molecule has 8 nitrogen and oxygen atoms in total. The molecule has 1 spiro atoms.